The van der Waals surface area contributed by atoms with Gasteiger partial charge in [0.15, 0.2) is 0 Å². The van der Waals surface area contributed by atoms with E-state index in [1.807, 2.05) is 25.1 Å². The van der Waals surface area contributed by atoms with Crippen LogP contribution in [0.2, 0.25) is 0 Å². The Hall–Kier alpha value is -1.11. The van der Waals surface area contributed by atoms with E-state index in [-0.39, 0.29) is 24.2 Å². The van der Waals surface area contributed by atoms with Gasteiger partial charge in [0.1, 0.15) is 0 Å². The second-order valence-corrected chi connectivity index (χ2v) is 5.98. The van der Waals surface area contributed by atoms with E-state index in [9.17, 15) is 9.59 Å². The molecule has 1 aromatic carbocycles. The first kappa shape index (κ1) is 14.3. The van der Waals surface area contributed by atoms with E-state index in [1.165, 1.54) is 4.90 Å². The fourth-order valence-corrected chi connectivity index (χ4v) is 2.84. The topological polar surface area (TPSA) is 63.4 Å². The molecule has 2 N–H and O–H groups in total. The molecule has 0 aromatic heterocycles. The average Bonchev–Trinajstić information content (AvgIpc) is 2.62. The van der Waals surface area contributed by atoms with E-state index in [0.29, 0.717) is 4.91 Å². The highest BCUT2D eigenvalue weighted by Gasteiger charge is 2.34. The van der Waals surface area contributed by atoms with Crippen molar-refractivity contribution in [1.29, 1.82) is 0 Å². The highest BCUT2D eigenvalue weighted by Crippen LogP contribution is 2.32. The Bertz CT molecular complexity index is 572. The summed E-state index contributed by atoms with van der Waals surface area (Å²) in [5, 5.41) is -0.254. The zero-order valence-corrected chi connectivity index (χ0v) is 12.8. The molecule has 0 saturated carbocycles. The zero-order chi connectivity index (χ0) is 14.0. The Balaban J connectivity index is 2.27. The van der Waals surface area contributed by atoms with Crippen LogP contribution in [-0.4, -0.2) is 29.1 Å². The summed E-state index contributed by atoms with van der Waals surface area (Å²) in [7, 11) is 0. The molecule has 19 heavy (non-hydrogen) atoms. The van der Waals surface area contributed by atoms with Crippen LogP contribution in [0.15, 0.2) is 27.6 Å². The lowest BCUT2D eigenvalue weighted by Crippen LogP contribution is -2.33. The predicted octanol–water partition coefficient (Wildman–Crippen LogP) is 2.75. The Morgan fingerprint density at radius 1 is 1.42 bits per heavy atom. The van der Waals surface area contributed by atoms with E-state index in [0.717, 1.165) is 27.4 Å². The van der Waals surface area contributed by atoms with Gasteiger partial charge in [-0.05, 0) is 42.0 Å². The van der Waals surface area contributed by atoms with Crippen LogP contribution in [0.1, 0.15) is 11.1 Å². The number of hydrogen-bond acceptors (Lipinski definition) is 4. The number of rotatable bonds is 3. The van der Waals surface area contributed by atoms with Crippen LogP contribution in [0.25, 0.3) is 6.08 Å². The van der Waals surface area contributed by atoms with Gasteiger partial charge >= 0.3 is 0 Å². The third-order valence-corrected chi connectivity index (χ3v) is 4.50. The number of hydrogen-bond donors (Lipinski definition) is 1. The summed E-state index contributed by atoms with van der Waals surface area (Å²) >= 11 is 4.38. The molecule has 6 heteroatoms. The second-order valence-electron chi connectivity index (χ2n) is 4.13. The molecule has 1 aliphatic heterocycles. The van der Waals surface area contributed by atoms with E-state index >= 15 is 0 Å². The van der Waals surface area contributed by atoms with Gasteiger partial charge in [-0.25, -0.2) is 0 Å². The number of nitrogens with two attached hydrogens (primary N) is 1. The van der Waals surface area contributed by atoms with Gasteiger partial charge in [0.05, 0.1) is 4.91 Å². The highest BCUT2D eigenvalue weighted by molar-refractivity contribution is 9.10. The van der Waals surface area contributed by atoms with E-state index in [2.05, 4.69) is 15.9 Å². The molecular weight excluding hydrogens is 328 g/mol. The number of amides is 2. The fraction of sp³-hybridized carbons (Fsp3) is 0.231. The molecule has 0 spiro atoms. The minimum absolute atomic E-state index is 0.254. The SMILES string of the molecule is Cc1cc(C=C2SC(=O)N(CCN)C2=O)ccc1Br. The molecule has 1 heterocycles. The normalized spacial score (nSPS) is 17.6. The lowest BCUT2D eigenvalue weighted by atomic mass is 10.1. The number of aryl methyl sites for hydroxylation is 1. The zero-order valence-electron chi connectivity index (χ0n) is 10.4. The van der Waals surface area contributed by atoms with Crippen LogP contribution in [0, 0.1) is 6.92 Å². The molecule has 1 aromatic rings. The van der Waals surface area contributed by atoms with Crippen molar-refractivity contribution < 1.29 is 9.59 Å². The standard InChI is InChI=1S/C13H13BrN2O2S/c1-8-6-9(2-3-10(8)14)7-11-12(17)16(5-4-15)13(18)19-11/h2-3,6-7H,4-5,15H2,1H3. The summed E-state index contributed by atoms with van der Waals surface area (Å²) in [4.78, 5) is 25.3. The molecule has 4 nitrogen and oxygen atoms in total. The van der Waals surface area contributed by atoms with E-state index in [1.54, 1.807) is 6.08 Å². The largest absolute Gasteiger partial charge is 0.329 e. The van der Waals surface area contributed by atoms with Crippen molar-refractivity contribution in [3.8, 4) is 0 Å². The third-order valence-electron chi connectivity index (χ3n) is 2.71. The maximum absolute atomic E-state index is 12.0. The van der Waals surface area contributed by atoms with Crippen molar-refractivity contribution in [3.05, 3.63) is 38.7 Å². The highest BCUT2D eigenvalue weighted by atomic mass is 79.9. The van der Waals surface area contributed by atoms with Crippen LogP contribution >= 0.6 is 27.7 Å². The number of carbonyl (C=O) groups is 2. The molecule has 2 amide bonds. The van der Waals surface area contributed by atoms with Crippen LogP contribution in [0.5, 0.6) is 0 Å². The Morgan fingerprint density at radius 2 is 2.16 bits per heavy atom. The summed E-state index contributed by atoms with van der Waals surface area (Å²) in [5.41, 5.74) is 7.37. The maximum atomic E-state index is 12.0. The number of thioether (sulfide) groups is 1. The molecule has 0 atom stereocenters. The monoisotopic (exact) mass is 340 g/mol. The quantitative estimate of drug-likeness (QED) is 0.859. The third kappa shape index (κ3) is 3.08. The first-order chi connectivity index (χ1) is 9.02. The average molecular weight is 341 g/mol. The molecule has 2 rings (SSSR count). The van der Waals surface area contributed by atoms with Crippen molar-refractivity contribution in [3.63, 3.8) is 0 Å². The van der Waals surface area contributed by atoms with Gasteiger partial charge in [-0.3, -0.25) is 14.5 Å². The molecule has 1 saturated heterocycles. The summed E-state index contributed by atoms with van der Waals surface area (Å²) in [6, 6.07) is 5.78. The van der Waals surface area contributed by atoms with Crippen LogP contribution in [-0.2, 0) is 4.79 Å². The Kier molecular flexibility index (Phi) is 4.44. The van der Waals surface area contributed by atoms with Gasteiger partial charge in [-0.1, -0.05) is 28.1 Å². The minimum atomic E-state index is -0.263. The molecule has 1 aliphatic rings. The van der Waals surface area contributed by atoms with Crippen LogP contribution in [0.4, 0.5) is 4.79 Å². The number of benzene rings is 1. The van der Waals surface area contributed by atoms with Crippen molar-refractivity contribution in [2.75, 3.05) is 13.1 Å². The Morgan fingerprint density at radius 3 is 2.79 bits per heavy atom. The number of halogens is 1. The van der Waals surface area contributed by atoms with Crippen molar-refractivity contribution in [1.82, 2.24) is 4.90 Å². The summed E-state index contributed by atoms with van der Waals surface area (Å²) in [5.74, 6) is -0.263. The lowest BCUT2D eigenvalue weighted by molar-refractivity contribution is -0.122. The van der Waals surface area contributed by atoms with Gasteiger partial charge in [0.2, 0.25) is 0 Å². The molecular formula is C13H13BrN2O2S. The van der Waals surface area contributed by atoms with Gasteiger partial charge in [-0.15, -0.1) is 0 Å². The lowest BCUT2D eigenvalue weighted by Gasteiger charge is -2.09. The molecule has 100 valence electrons. The summed E-state index contributed by atoms with van der Waals surface area (Å²) in [6.45, 7) is 2.52. The maximum Gasteiger partial charge on any atom is 0.293 e. The summed E-state index contributed by atoms with van der Waals surface area (Å²) in [6.07, 6.45) is 1.74. The number of imide groups is 1. The molecule has 1 fully saturated rings. The van der Waals surface area contributed by atoms with Gasteiger partial charge in [0, 0.05) is 17.6 Å². The smallest absolute Gasteiger partial charge is 0.293 e. The van der Waals surface area contributed by atoms with Gasteiger partial charge < -0.3 is 5.73 Å². The molecule has 0 bridgehead atoms. The summed E-state index contributed by atoms with van der Waals surface area (Å²) < 4.78 is 1.01. The van der Waals surface area contributed by atoms with Crippen LogP contribution in [0.3, 0.4) is 0 Å². The van der Waals surface area contributed by atoms with E-state index < -0.39 is 0 Å². The fourth-order valence-electron chi connectivity index (χ4n) is 1.73. The molecule has 0 unspecified atom stereocenters. The van der Waals surface area contributed by atoms with Gasteiger partial charge in [-0.2, -0.15) is 0 Å². The predicted molar refractivity (Wildman–Crippen MR) is 80.6 cm³/mol. The number of carbonyl (C=O) groups excluding carboxylic acids is 2. The van der Waals surface area contributed by atoms with Gasteiger partial charge in [0.25, 0.3) is 11.1 Å². The van der Waals surface area contributed by atoms with Crippen molar-refractivity contribution in [2.24, 2.45) is 5.73 Å². The molecule has 0 aliphatic carbocycles. The number of nitrogens with zero attached hydrogens (tertiary/aromatic N) is 1. The van der Waals surface area contributed by atoms with Crippen molar-refractivity contribution >= 4 is 44.9 Å². The van der Waals surface area contributed by atoms with E-state index in [4.69, 9.17) is 5.73 Å². The first-order valence-corrected chi connectivity index (χ1v) is 7.35. The van der Waals surface area contributed by atoms with Crippen LogP contribution < -0.4 is 5.73 Å². The molecule has 0 radical (unpaired) electrons. The minimum Gasteiger partial charge on any atom is -0.329 e. The van der Waals surface area contributed by atoms with Crippen molar-refractivity contribution in [2.45, 2.75) is 6.92 Å². The Labute approximate surface area is 124 Å². The second kappa shape index (κ2) is 5.90. The first-order valence-electron chi connectivity index (χ1n) is 5.74.